The number of aliphatic hydroxyl groups excluding tert-OH is 1. The lowest BCUT2D eigenvalue weighted by molar-refractivity contribution is -0.147. The number of unbranched alkanes of at least 4 members (excludes halogenated alkanes) is 23. The Morgan fingerprint density at radius 3 is 1.35 bits per heavy atom. The molecule has 0 bridgehead atoms. The number of phosphoric ester groups is 1. The van der Waals surface area contributed by atoms with E-state index in [1.54, 1.807) is 0 Å². The Bertz CT molecular complexity index is 859. The molecule has 0 saturated carbocycles. The smallest absolute Gasteiger partial charge is 0.472 e. The quantitative estimate of drug-likeness (QED) is 0.0276. The van der Waals surface area contributed by atoms with E-state index in [2.05, 4.69) is 19.2 Å². The number of hydrogen-bond donors (Lipinski definition) is 4. The Kier molecular flexibility index (Phi) is 32.6. The molecule has 11 nitrogen and oxygen atoms in total. The predicted molar refractivity (Wildman–Crippen MR) is 194 cm³/mol. The fourth-order valence-corrected chi connectivity index (χ4v) is 6.32. The van der Waals surface area contributed by atoms with Gasteiger partial charge in [0, 0.05) is 12.8 Å². The number of rotatable bonds is 37. The largest absolute Gasteiger partial charge is 0.480 e. The van der Waals surface area contributed by atoms with Crippen molar-refractivity contribution in [2.45, 2.75) is 199 Å². The molecule has 0 radical (unpaired) electrons. The van der Waals surface area contributed by atoms with Crippen molar-refractivity contribution in [3.63, 3.8) is 0 Å². The van der Waals surface area contributed by atoms with Gasteiger partial charge >= 0.3 is 19.8 Å². The number of carboxylic acids is 1. The molecule has 0 saturated heterocycles. The monoisotopic (exact) mass is 721 g/mol. The molecule has 0 aliphatic carbocycles. The number of carbonyl (C=O) groups excluding carboxylic acids is 2. The van der Waals surface area contributed by atoms with Crippen LogP contribution in [0.25, 0.3) is 0 Å². The van der Waals surface area contributed by atoms with E-state index in [-0.39, 0.29) is 12.8 Å². The summed E-state index contributed by atoms with van der Waals surface area (Å²) in [4.78, 5) is 45.6. The van der Waals surface area contributed by atoms with Gasteiger partial charge in [0.1, 0.15) is 12.7 Å². The summed E-state index contributed by atoms with van der Waals surface area (Å²) < 4.78 is 26.7. The van der Waals surface area contributed by atoms with Gasteiger partial charge in [-0.15, -0.1) is 0 Å². The van der Waals surface area contributed by atoms with Gasteiger partial charge in [-0.3, -0.25) is 18.6 Å². The zero-order valence-corrected chi connectivity index (χ0v) is 31.9. The summed E-state index contributed by atoms with van der Waals surface area (Å²) in [5.41, 5.74) is 0. The minimum atomic E-state index is -4.74. The fourth-order valence-electron chi connectivity index (χ4n) is 5.55. The van der Waals surface area contributed by atoms with Crippen molar-refractivity contribution in [2.75, 3.05) is 19.8 Å². The molecule has 0 fully saturated rings. The second-order valence-corrected chi connectivity index (χ2v) is 14.9. The lowest BCUT2D eigenvalue weighted by Gasteiger charge is -2.18. The zero-order chi connectivity index (χ0) is 36.4. The zero-order valence-electron chi connectivity index (χ0n) is 31.0. The molecule has 49 heavy (non-hydrogen) atoms. The maximum atomic E-state index is 12.2. The van der Waals surface area contributed by atoms with Gasteiger partial charge in [0.15, 0.2) is 6.04 Å². The van der Waals surface area contributed by atoms with E-state index in [0.717, 1.165) is 38.5 Å². The molecular weight excluding hydrogens is 649 g/mol. The molecule has 0 rings (SSSR count). The molecule has 290 valence electrons. The molecule has 0 aromatic carbocycles. The van der Waals surface area contributed by atoms with E-state index in [1.165, 1.54) is 109 Å². The highest BCUT2D eigenvalue weighted by Crippen LogP contribution is 2.43. The summed E-state index contributed by atoms with van der Waals surface area (Å²) in [5.74, 6) is -2.36. The van der Waals surface area contributed by atoms with Crippen LogP contribution in [0.4, 0.5) is 0 Å². The van der Waals surface area contributed by atoms with E-state index in [1.807, 2.05) is 0 Å². The number of nitrogens with one attached hydrogen (secondary N) is 1. The van der Waals surface area contributed by atoms with Gasteiger partial charge in [-0.05, 0) is 12.8 Å². The maximum Gasteiger partial charge on any atom is 0.472 e. The Labute approximate surface area is 297 Å². The summed E-state index contributed by atoms with van der Waals surface area (Å²) in [6.07, 6.45) is 28.5. The van der Waals surface area contributed by atoms with Gasteiger partial charge in [-0.1, -0.05) is 162 Å². The Balaban J connectivity index is 3.92. The summed E-state index contributed by atoms with van der Waals surface area (Å²) in [6, 6.07) is -1.54. The van der Waals surface area contributed by atoms with E-state index >= 15 is 0 Å². The van der Waals surface area contributed by atoms with E-state index in [4.69, 9.17) is 13.8 Å². The van der Waals surface area contributed by atoms with Crippen molar-refractivity contribution in [2.24, 2.45) is 0 Å². The van der Waals surface area contributed by atoms with Crippen molar-refractivity contribution in [3.8, 4) is 0 Å². The van der Waals surface area contributed by atoms with Crippen LogP contribution in [0.1, 0.15) is 187 Å². The normalized spacial score (nSPS) is 13.9. The third-order valence-corrected chi connectivity index (χ3v) is 9.60. The maximum absolute atomic E-state index is 12.2. The van der Waals surface area contributed by atoms with E-state index in [0.29, 0.717) is 12.8 Å². The topological polar surface area (TPSA) is 169 Å². The number of hydrogen-bond acceptors (Lipinski definition) is 8. The van der Waals surface area contributed by atoms with Gasteiger partial charge in [0.05, 0.1) is 13.2 Å². The summed E-state index contributed by atoms with van der Waals surface area (Å²) in [7, 11) is -4.74. The first-order valence-corrected chi connectivity index (χ1v) is 21.1. The average Bonchev–Trinajstić information content (AvgIpc) is 3.07. The van der Waals surface area contributed by atoms with Gasteiger partial charge in [0.25, 0.3) is 0 Å². The van der Waals surface area contributed by atoms with Crippen LogP contribution in [0, 0.1) is 0 Å². The molecule has 3 atom stereocenters. The lowest BCUT2D eigenvalue weighted by atomic mass is 10.0. The van der Waals surface area contributed by atoms with Crippen molar-refractivity contribution in [1.29, 1.82) is 0 Å². The summed E-state index contributed by atoms with van der Waals surface area (Å²) in [6.45, 7) is 2.58. The van der Waals surface area contributed by atoms with Crippen molar-refractivity contribution < 1.29 is 47.8 Å². The highest BCUT2D eigenvalue weighted by molar-refractivity contribution is 7.47. The number of esters is 1. The summed E-state index contributed by atoms with van der Waals surface area (Å²) >= 11 is 0. The number of amides is 1. The van der Waals surface area contributed by atoms with Crippen LogP contribution < -0.4 is 5.32 Å². The third-order valence-electron chi connectivity index (χ3n) is 8.65. The number of ether oxygens (including phenoxy) is 1. The molecule has 3 unspecified atom stereocenters. The Morgan fingerprint density at radius 1 is 0.571 bits per heavy atom. The van der Waals surface area contributed by atoms with Gasteiger partial charge in [-0.25, -0.2) is 9.36 Å². The van der Waals surface area contributed by atoms with Crippen molar-refractivity contribution in [1.82, 2.24) is 5.32 Å². The lowest BCUT2D eigenvalue weighted by Crippen LogP contribution is -2.43. The molecule has 0 aromatic heterocycles. The SMILES string of the molecule is CCCCCCCCCCCCCCCCC(=O)OCC(O)COP(=O)(O)OCC(NC(=O)CCCCCCCCCCCCC)C(=O)O. The Hall–Kier alpha value is -1.52. The first-order chi connectivity index (χ1) is 23.6. The second-order valence-electron chi connectivity index (χ2n) is 13.5. The molecule has 0 aliphatic rings. The van der Waals surface area contributed by atoms with Crippen LogP contribution in [0.2, 0.25) is 0 Å². The summed E-state index contributed by atoms with van der Waals surface area (Å²) in [5, 5.41) is 21.7. The van der Waals surface area contributed by atoms with Gasteiger partial charge in [0.2, 0.25) is 5.91 Å². The average molecular weight is 722 g/mol. The molecule has 4 N–H and O–H groups in total. The van der Waals surface area contributed by atoms with Crippen LogP contribution in [0.3, 0.4) is 0 Å². The van der Waals surface area contributed by atoms with Crippen molar-refractivity contribution >= 4 is 25.7 Å². The van der Waals surface area contributed by atoms with E-state index < -0.39 is 57.6 Å². The predicted octanol–water partition coefficient (Wildman–Crippen LogP) is 9.17. The highest BCUT2D eigenvalue weighted by atomic mass is 31.2. The number of phosphoric acid groups is 1. The minimum absolute atomic E-state index is 0.151. The minimum Gasteiger partial charge on any atom is -0.480 e. The van der Waals surface area contributed by atoms with Crippen LogP contribution in [-0.4, -0.2) is 64.9 Å². The van der Waals surface area contributed by atoms with Crippen LogP contribution in [0.5, 0.6) is 0 Å². The van der Waals surface area contributed by atoms with Crippen LogP contribution in [-0.2, 0) is 32.7 Å². The fraction of sp³-hybridized carbons (Fsp3) is 0.919. The number of aliphatic carboxylic acids is 1. The van der Waals surface area contributed by atoms with Crippen molar-refractivity contribution in [3.05, 3.63) is 0 Å². The molecule has 1 amide bonds. The molecule has 0 aromatic rings. The molecule has 0 heterocycles. The third kappa shape index (κ3) is 33.4. The van der Waals surface area contributed by atoms with Crippen LogP contribution in [0.15, 0.2) is 0 Å². The highest BCUT2D eigenvalue weighted by Gasteiger charge is 2.28. The number of carbonyl (C=O) groups is 3. The molecular formula is C37H72NO10P. The van der Waals surface area contributed by atoms with Gasteiger partial charge in [-0.2, -0.15) is 0 Å². The number of aliphatic hydroxyl groups is 1. The second kappa shape index (κ2) is 33.6. The standard InChI is InChI=1S/C37H72NO10P/c1-3-5-7-9-11-13-15-16-17-19-21-23-25-27-29-36(41)46-30-33(39)31-47-49(44,45)48-32-34(37(42)43)38-35(40)28-26-24-22-20-18-14-12-10-8-6-4-2/h33-34,39H,3-32H2,1-2H3,(H,38,40)(H,42,43)(H,44,45). The number of carboxylic acid groups (broad SMARTS) is 1. The first-order valence-electron chi connectivity index (χ1n) is 19.6. The molecule has 12 heteroatoms. The van der Waals surface area contributed by atoms with E-state index in [9.17, 15) is 34.1 Å². The van der Waals surface area contributed by atoms with Crippen LogP contribution >= 0.6 is 7.82 Å². The molecule has 0 spiro atoms. The first kappa shape index (κ1) is 47.5. The van der Waals surface area contributed by atoms with Gasteiger partial charge < -0.3 is 25.2 Å². The molecule has 0 aliphatic heterocycles. The Morgan fingerprint density at radius 2 is 0.939 bits per heavy atom.